The van der Waals surface area contributed by atoms with Crippen molar-refractivity contribution in [2.75, 3.05) is 0 Å². The van der Waals surface area contributed by atoms with E-state index in [-0.39, 0.29) is 0 Å². The fourth-order valence-electron chi connectivity index (χ4n) is 0.612. The Hall–Kier alpha value is -0.470. The average Bonchev–Trinajstić information content (AvgIpc) is 1.88. The molecule has 0 aliphatic rings. The molecule has 1 aromatic carbocycles. The molecule has 0 unspecified atom stereocenters. The van der Waals surface area contributed by atoms with Gasteiger partial charge in [-0.3, -0.25) is 4.79 Å². The number of carbonyl (C=O) groups excluding carboxylic acids is 1. The van der Waals surface area contributed by atoms with E-state index in [1.807, 2.05) is 0 Å². The predicted octanol–water partition coefficient (Wildman–Crippen LogP) is 2.44. The minimum atomic E-state index is 0.447. The monoisotopic (exact) mass is 172 g/mol. The highest BCUT2D eigenvalue weighted by atomic mass is 35.5. The van der Waals surface area contributed by atoms with Crippen LogP contribution in [-0.2, 0) is 0 Å². The summed E-state index contributed by atoms with van der Waals surface area (Å²) in [4.78, 5) is 11.0. The van der Waals surface area contributed by atoms with E-state index in [0.717, 1.165) is 11.2 Å². The lowest BCUT2D eigenvalue weighted by Crippen LogP contribution is -1.79. The fraction of sp³-hybridized carbons (Fsp3) is 0. The zero-order chi connectivity index (χ0) is 7.56. The zero-order valence-electron chi connectivity index (χ0n) is 5.04. The van der Waals surface area contributed by atoms with Crippen molar-refractivity contribution in [2.24, 2.45) is 0 Å². The highest BCUT2D eigenvalue weighted by molar-refractivity contribution is 7.80. The molecule has 10 heavy (non-hydrogen) atoms. The molecular weight excluding hydrogens is 168 g/mol. The molecular formula is C7H5ClOS. The Morgan fingerprint density at radius 3 is 2.70 bits per heavy atom. The number of benzene rings is 1. The standard InChI is InChI=1S/C7H5ClOS/c8-7-3-6(10)2-1-5(7)4-9/h1-4,10H. The Bertz CT molecular complexity index is 260. The van der Waals surface area contributed by atoms with Crippen molar-refractivity contribution < 1.29 is 4.79 Å². The second-order valence-corrected chi connectivity index (χ2v) is 2.75. The summed E-state index contributed by atoms with van der Waals surface area (Å²) in [6, 6.07) is 4.99. The maximum atomic E-state index is 10.2. The van der Waals surface area contributed by atoms with Crippen LogP contribution in [0.25, 0.3) is 0 Å². The molecule has 3 heteroatoms. The van der Waals surface area contributed by atoms with Gasteiger partial charge in [-0.25, -0.2) is 0 Å². The Balaban J connectivity index is 3.19. The largest absolute Gasteiger partial charge is 0.298 e. The van der Waals surface area contributed by atoms with Crippen LogP contribution in [0.15, 0.2) is 23.1 Å². The quantitative estimate of drug-likeness (QED) is 0.509. The van der Waals surface area contributed by atoms with Gasteiger partial charge in [-0.15, -0.1) is 12.6 Å². The van der Waals surface area contributed by atoms with Gasteiger partial charge in [-0.2, -0.15) is 0 Å². The first-order valence-electron chi connectivity index (χ1n) is 2.68. The van der Waals surface area contributed by atoms with Crippen molar-refractivity contribution in [3.63, 3.8) is 0 Å². The number of halogens is 1. The summed E-state index contributed by atoms with van der Waals surface area (Å²) in [5, 5.41) is 0.447. The number of aldehydes is 1. The molecule has 0 radical (unpaired) electrons. The van der Waals surface area contributed by atoms with E-state index in [1.54, 1.807) is 18.2 Å². The predicted molar refractivity (Wildman–Crippen MR) is 44.1 cm³/mol. The van der Waals surface area contributed by atoms with Gasteiger partial charge in [0.2, 0.25) is 0 Å². The lowest BCUT2D eigenvalue weighted by Gasteiger charge is -1.94. The Morgan fingerprint density at radius 1 is 1.50 bits per heavy atom. The van der Waals surface area contributed by atoms with Crippen molar-refractivity contribution in [3.8, 4) is 0 Å². The third kappa shape index (κ3) is 1.52. The summed E-state index contributed by atoms with van der Waals surface area (Å²) in [7, 11) is 0. The molecule has 52 valence electrons. The molecule has 0 atom stereocenters. The smallest absolute Gasteiger partial charge is 0.151 e. The van der Waals surface area contributed by atoms with Gasteiger partial charge in [-0.1, -0.05) is 11.6 Å². The molecule has 1 rings (SSSR count). The average molecular weight is 173 g/mol. The molecule has 0 heterocycles. The highest BCUT2D eigenvalue weighted by Crippen LogP contribution is 2.17. The van der Waals surface area contributed by atoms with Crippen LogP contribution in [0.4, 0.5) is 0 Å². The summed E-state index contributed by atoms with van der Waals surface area (Å²) < 4.78 is 0. The fourth-order valence-corrected chi connectivity index (χ4v) is 1.12. The van der Waals surface area contributed by atoms with Crippen LogP contribution in [0.2, 0.25) is 5.02 Å². The molecule has 0 amide bonds. The van der Waals surface area contributed by atoms with E-state index in [9.17, 15) is 4.79 Å². The molecule has 0 aliphatic heterocycles. The summed E-state index contributed by atoms with van der Waals surface area (Å²) in [5.74, 6) is 0. The van der Waals surface area contributed by atoms with Crippen LogP contribution in [0.5, 0.6) is 0 Å². The SMILES string of the molecule is O=Cc1ccc(S)cc1Cl. The van der Waals surface area contributed by atoms with Crippen LogP contribution in [-0.4, -0.2) is 6.29 Å². The molecule has 0 aliphatic carbocycles. The number of thiol groups is 1. The van der Waals surface area contributed by atoms with Crippen LogP contribution >= 0.6 is 24.2 Å². The van der Waals surface area contributed by atoms with Crippen molar-refractivity contribution in [1.29, 1.82) is 0 Å². The minimum Gasteiger partial charge on any atom is -0.298 e. The summed E-state index contributed by atoms with van der Waals surface area (Å²) in [6.07, 6.45) is 0.718. The second-order valence-electron chi connectivity index (χ2n) is 1.82. The third-order valence-corrected chi connectivity index (χ3v) is 1.72. The number of rotatable bonds is 1. The van der Waals surface area contributed by atoms with E-state index in [0.29, 0.717) is 10.6 Å². The zero-order valence-corrected chi connectivity index (χ0v) is 6.69. The van der Waals surface area contributed by atoms with Gasteiger partial charge in [-0.05, 0) is 18.2 Å². The van der Waals surface area contributed by atoms with Gasteiger partial charge in [0.1, 0.15) is 0 Å². The van der Waals surface area contributed by atoms with Gasteiger partial charge in [0, 0.05) is 10.5 Å². The van der Waals surface area contributed by atoms with Gasteiger partial charge in [0.15, 0.2) is 6.29 Å². The van der Waals surface area contributed by atoms with Crippen LogP contribution in [0.1, 0.15) is 10.4 Å². The summed E-state index contributed by atoms with van der Waals surface area (Å²) >= 11 is 9.69. The Kier molecular flexibility index (Phi) is 2.35. The second kappa shape index (κ2) is 3.08. The van der Waals surface area contributed by atoms with Gasteiger partial charge in [0.25, 0.3) is 0 Å². The summed E-state index contributed by atoms with van der Waals surface area (Å²) in [6.45, 7) is 0. The Morgan fingerprint density at radius 2 is 2.20 bits per heavy atom. The van der Waals surface area contributed by atoms with Crippen molar-refractivity contribution in [1.82, 2.24) is 0 Å². The van der Waals surface area contributed by atoms with E-state index >= 15 is 0 Å². The number of carbonyl (C=O) groups is 1. The number of hydrogen-bond acceptors (Lipinski definition) is 2. The first-order valence-corrected chi connectivity index (χ1v) is 3.50. The topological polar surface area (TPSA) is 17.1 Å². The molecule has 1 nitrogen and oxygen atoms in total. The molecule has 0 bridgehead atoms. The van der Waals surface area contributed by atoms with E-state index in [1.165, 1.54) is 0 Å². The van der Waals surface area contributed by atoms with Crippen LogP contribution < -0.4 is 0 Å². The van der Waals surface area contributed by atoms with Gasteiger partial charge >= 0.3 is 0 Å². The van der Waals surface area contributed by atoms with Gasteiger partial charge in [0.05, 0.1) is 5.02 Å². The van der Waals surface area contributed by atoms with E-state index < -0.39 is 0 Å². The molecule has 0 spiro atoms. The first kappa shape index (κ1) is 7.63. The molecule has 0 fully saturated rings. The third-order valence-electron chi connectivity index (χ3n) is 1.11. The molecule has 0 saturated heterocycles. The van der Waals surface area contributed by atoms with E-state index in [4.69, 9.17) is 11.6 Å². The number of hydrogen-bond donors (Lipinski definition) is 1. The molecule has 0 N–H and O–H groups in total. The van der Waals surface area contributed by atoms with Gasteiger partial charge < -0.3 is 0 Å². The molecule has 0 saturated carbocycles. The first-order chi connectivity index (χ1) is 4.74. The maximum Gasteiger partial charge on any atom is 0.151 e. The van der Waals surface area contributed by atoms with Crippen LogP contribution in [0.3, 0.4) is 0 Å². The van der Waals surface area contributed by atoms with E-state index in [2.05, 4.69) is 12.6 Å². The van der Waals surface area contributed by atoms with Crippen molar-refractivity contribution in [3.05, 3.63) is 28.8 Å². The van der Waals surface area contributed by atoms with Crippen LogP contribution in [0, 0.1) is 0 Å². The Labute approximate surface area is 69.4 Å². The summed E-state index contributed by atoms with van der Waals surface area (Å²) in [5.41, 5.74) is 0.500. The van der Waals surface area contributed by atoms with Crippen molar-refractivity contribution >= 4 is 30.5 Å². The molecule has 1 aromatic rings. The lowest BCUT2D eigenvalue weighted by molar-refractivity contribution is 0.112. The normalized spacial score (nSPS) is 9.40. The molecule has 0 aromatic heterocycles. The maximum absolute atomic E-state index is 10.2. The van der Waals surface area contributed by atoms with Crippen molar-refractivity contribution in [2.45, 2.75) is 4.90 Å². The minimum absolute atomic E-state index is 0.447. The highest BCUT2D eigenvalue weighted by Gasteiger charge is 1.96. The lowest BCUT2D eigenvalue weighted by atomic mass is 10.2.